The summed E-state index contributed by atoms with van der Waals surface area (Å²) in [5.41, 5.74) is 4.73. The molecule has 0 saturated heterocycles. The molecule has 100 valence electrons. The van der Waals surface area contributed by atoms with Gasteiger partial charge in [0.15, 0.2) is 11.6 Å². The molecular formula is C11H12F3NO3. The number of hydrogen-bond donors (Lipinski definition) is 2. The Morgan fingerprint density at radius 2 is 1.89 bits per heavy atom. The van der Waals surface area contributed by atoms with Gasteiger partial charge in [-0.3, -0.25) is 4.79 Å². The Kier molecular flexibility index (Phi) is 4.69. The van der Waals surface area contributed by atoms with Crippen molar-refractivity contribution < 1.29 is 27.8 Å². The zero-order valence-electron chi connectivity index (χ0n) is 9.49. The third kappa shape index (κ3) is 2.99. The molecule has 0 aliphatic rings. The standard InChI is InChI=1S/C11H12F3NO3/c1-2-18-11(17)9(15)10(16)5-3-7(13)8(14)4-6(5)12/h3-4,9-10,16H,2,15H2,1H3. The number of carbonyl (C=O) groups excluding carboxylic acids is 1. The van der Waals surface area contributed by atoms with Crippen LogP contribution in [0, 0.1) is 17.5 Å². The van der Waals surface area contributed by atoms with Crippen molar-refractivity contribution in [2.75, 3.05) is 6.61 Å². The Balaban J connectivity index is 3.00. The van der Waals surface area contributed by atoms with Gasteiger partial charge in [-0.2, -0.15) is 0 Å². The van der Waals surface area contributed by atoms with E-state index in [0.29, 0.717) is 6.07 Å². The molecule has 0 heterocycles. The van der Waals surface area contributed by atoms with Crippen molar-refractivity contribution in [3.63, 3.8) is 0 Å². The fourth-order valence-electron chi connectivity index (χ4n) is 1.33. The summed E-state index contributed by atoms with van der Waals surface area (Å²) in [6.45, 7) is 1.55. The van der Waals surface area contributed by atoms with Crippen LogP contribution in [0.4, 0.5) is 13.2 Å². The maximum atomic E-state index is 13.3. The van der Waals surface area contributed by atoms with E-state index >= 15 is 0 Å². The van der Waals surface area contributed by atoms with Crippen molar-refractivity contribution in [2.24, 2.45) is 5.73 Å². The van der Waals surface area contributed by atoms with Crippen LogP contribution in [0.1, 0.15) is 18.6 Å². The molecule has 1 aromatic carbocycles. The van der Waals surface area contributed by atoms with E-state index in [1.165, 1.54) is 6.92 Å². The number of hydrogen-bond acceptors (Lipinski definition) is 4. The van der Waals surface area contributed by atoms with Gasteiger partial charge in [0.05, 0.1) is 6.61 Å². The normalized spacial score (nSPS) is 14.1. The van der Waals surface area contributed by atoms with Crippen LogP contribution in [0.15, 0.2) is 12.1 Å². The molecule has 18 heavy (non-hydrogen) atoms. The molecular weight excluding hydrogens is 251 g/mol. The van der Waals surface area contributed by atoms with Crippen molar-refractivity contribution in [1.82, 2.24) is 0 Å². The van der Waals surface area contributed by atoms with Crippen LogP contribution in [-0.4, -0.2) is 23.7 Å². The summed E-state index contributed by atoms with van der Waals surface area (Å²) in [6, 6.07) is -0.857. The predicted molar refractivity (Wildman–Crippen MR) is 55.9 cm³/mol. The van der Waals surface area contributed by atoms with Crippen LogP contribution >= 0.6 is 0 Å². The van der Waals surface area contributed by atoms with Gasteiger partial charge in [-0.1, -0.05) is 0 Å². The summed E-state index contributed by atoms with van der Waals surface area (Å²) in [5, 5.41) is 9.63. The maximum absolute atomic E-state index is 13.3. The highest BCUT2D eigenvalue weighted by molar-refractivity contribution is 5.76. The maximum Gasteiger partial charge on any atom is 0.325 e. The quantitative estimate of drug-likeness (QED) is 0.628. The Morgan fingerprint density at radius 3 is 2.44 bits per heavy atom. The summed E-state index contributed by atoms with van der Waals surface area (Å²) in [5.74, 6) is -4.90. The van der Waals surface area contributed by atoms with Gasteiger partial charge in [0, 0.05) is 11.6 Å². The van der Waals surface area contributed by atoms with Crippen molar-refractivity contribution >= 4 is 5.97 Å². The first kappa shape index (κ1) is 14.5. The van der Waals surface area contributed by atoms with Crippen LogP contribution in [0.25, 0.3) is 0 Å². The first-order chi connectivity index (χ1) is 8.38. The molecule has 0 aliphatic carbocycles. The lowest BCUT2D eigenvalue weighted by molar-refractivity contribution is -0.147. The highest BCUT2D eigenvalue weighted by Crippen LogP contribution is 2.22. The average Bonchev–Trinajstić information content (AvgIpc) is 2.32. The van der Waals surface area contributed by atoms with E-state index in [0.717, 1.165) is 0 Å². The van der Waals surface area contributed by atoms with Gasteiger partial charge in [-0.15, -0.1) is 0 Å². The smallest absolute Gasteiger partial charge is 0.325 e. The molecule has 0 fully saturated rings. The van der Waals surface area contributed by atoms with E-state index in [4.69, 9.17) is 5.73 Å². The molecule has 0 radical (unpaired) electrons. The second-order valence-electron chi connectivity index (χ2n) is 3.51. The van der Waals surface area contributed by atoms with Gasteiger partial charge in [-0.25, -0.2) is 13.2 Å². The summed E-state index contributed by atoms with van der Waals surface area (Å²) in [7, 11) is 0. The minimum Gasteiger partial charge on any atom is -0.465 e. The SMILES string of the molecule is CCOC(=O)C(N)C(O)c1cc(F)c(F)cc1F. The molecule has 1 aromatic rings. The van der Waals surface area contributed by atoms with Crippen molar-refractivity contribution in [3.05, 3.63) is 35.1 Å². The van der Waals surface area contributed by atoms with Gasteiger partial charge in [-0.05, 0) is 13.0 Å². The van der Waals surface area contributed by atoms with Crippen molar-refractivity contribution in [2.45, 2.75) is 19.1 Å². The molecule has 0 saturated carbocycles. The van der Waals surface area contributed by atoms with Gasteiger partial charge in [0.1, 0.15) is 18.0 Å². The Bertz CT molecular complexity index is 453. The number of halogens is 3. The van der Waals surface area contributed by atoms with E-state index in [9.17, 15) is 23.1 Å². The topological polar surface area (TPSA) is 72.5 Å². The Labute approximate surface area is 101 Å². The number of ether oxygens (including phenoxy) is 1. The number of aliphatic hydroxyl groups is 1. The molecule has 0 aromatic heterocycles. The Morgan fingerprint density at radius 1 is 1.33 bits per heavy atom. The summed E-state index contributed by atoms with van der Waals surface area (Å²) in [4.78, 5) is 11.2. The fourth-order valence-corrected chi connectivity index (χ4v) is 1.33. The molecule has 4 nitrogen and oxygen atoms in total. The average molecular weight is 263 g/mol. The van der Waals surface area contributed by atoms with Gasteiger partial charge in [0.25, 0.3) is 0 Å². The summed E-state index contributed by atoms with van der Waals surface area (Å²) in [6.07, 6.45) is -1.82. The first-order valence-corrected chi connectivity index (χ1v) is 5.13. The minimum absolute atomic E-state index is 0.0273. The fraction of sp³-hybridized carbons (Fsp3) is 0.364. The molecule has 0 bridgehead atoms. The van der Waals surface area contributed by atoms with E-state index in [1.807, 2.05) is 0 Å². The number of carbonyl (C=O) groups is 1. The highest BCUT2D eigenvalue weighted by atomic mass is 19.2. The molecule has 0 amide bonds. The van der Waals surface area contributed by atoms with Crippen LogP contribution in [0.3, 0.4) is 0 Å². The van der Waals surface area contributed by atoms with Crippen LogP contribution in [0.2, 0.25) is 0 Å². The molecule has 0 spiro atoms. The van der Waals surface area contributed by atoms with E-state index in [2.05, 4.69) is 4.74 Å². The largest absolute Gasteiger partial charge is 0.465 e. The van der Waals surface area contributed by atoms with Crippen LogP contribution in [-0.2, 0) is 9.53 Å². The zero-order chi connectivity index (χ0) is 13.9. The lowest BCUT2D eigenvalue weighted by Crippen LogP contribution is -2.38. The van der Waals surface area contributed by atoms with Crippen LogP contribution < -0.4 is 5.73 Å². The molecule has 0 aliphatic heterocycles. The summed E-state index contributed by atoms with van der Waals surface area (Å²) >= 11 is 0. The molecule has 1 rings (SSSR count). The highest BCUT2D eigenvalue weighted by Gasteiger charge is 2.28. The van der Waals surface area contributed by atoms with Gasteiger partial charge < -0.3 is 15.6 Å². The van der Waals surface area contributed by atoms with E-state index < -0.39 is 41.1 Å². The van der Waals surface area contributed by atoms with Gasteiger partial charge >= 0.3 is 5.97 Å². The van der Waals surface area contributed by atoms with Crippen molar-refractivity contribution in [1.29, 1.82) is 0 Å². The third-order valence-electron chi connectivity index (χ3n) is 2.26. The predicted octanol–water partition coefficient (Wildman–Crippen LogP) is 1.03. The first-order valence-electron chi connectivity index (χ1n) is 5.13. The molecule has 2 atom stereocenters. The zero-order valence-corrected chi connectivity index (χ0v) is 9.49. The molecule has 2 unspecified atom stereocenters. The minimum atomic E-state index is -1.82. The number of rotatable bonds is 4. The lowest BCUT2D eigenvalue weighted by Gasteiger charge is -2.18. The van der Waals surface area contributed by atoms with Crippen molar-refractivity contribution in [3.8, 4) is 0 Å². The third-order valence-corrected chi connectivity index (χ3v) is 2.26. The molecule has 7 heteroatoms. The Hall–Kier alpha value is -1.60. The summed E-state index contributed by atoms with van der Waals surface area (Å²) < 4.78 is 43.4. The number of nitrogens with two attached hydrogens (primary N) is 1. The lowest BCUT2D eigenvalue weighted by atomic mass is 10.0. The number of esters is 1. The monoisotopic (exact) mass is 263 g/mol. The number of benzene rings is 1. The second kappa shape index (κ2) is 5.83. The van der Waals surface area contributed by atoms with Gasteiger partial charge in [0.2, 0.25) is 0 Å². The molecule has 3 N–H and O–H groups in total. The van der Waals surface area contributed by atoms with Crippen LogP contribution in [0.5, 0.6) is 0 Å². The second-order valence-corrected chi connectivity index (χ2v) is 3.51. The van der Waals surface area contributed by atoms with E-state index in [1.54, 1.807) is 0 Å². The van der Waals surface area contributed by atoms with E-state index in [-0.39, 0.29) is 12.7 Å². The number of aliphatic hydroxyl groups excluding tert-OH is 1.